The third-order valence-electron chi connectivity index (χ3n) is 1.73. The maximum Gasteiger partial charge on any atom is 0.0582 e. The van der Waals surface area contributed by atoms with E-state index in [9.17, 15) is 0 Å². The number of rotatable bonds is 0. The summed E-state index contributed by atoms with van der Waals surface area (Å²) >= 11 is 5.85. The summed E-state index contributed by atoms with van der Waals surface area (Å²) in [6, 6.07) is 0. The van der Waals surface area contributed by atoms with Crippen molar-refractivity contribution in [2.24, 2.45) is 0 Å². The monoisotopic (exact) mass is 165 g/mol. The van der Waals surface area contributed by atoms with E-state index in [0.717, 1.165) is 11.6 Å². The fraction of sp³-hybridized carbons (Fsp3) is 0.111. The quantitative estimate of drug-likeness (QED) is 0.533. The molecule has 0 spiro atoms. The second-order valence-corrected chi connectivity index (χ2v) is 3.02. The van der Waals surface area contributed by atoms with E-state index in [1.54, 1.807) is 0 Å². The minimum absolute atomic E-state index is 0.800. The Morgan fingerprint density at radius 1 is 1.27 bits per heavy atom. The van der Waals surface area contributed by atoms with Crippen molar-refractivity contribution in [3.05, 3.63) is 47.3 Å². The van der Waals surface area contributed by atoms with Gasteiger partial charge in [0.2, 0.25) is 0 Å². The third kappa shape index (κ3) is 1.24. The normalized spacial score (nSPS) is 21.0. The van der Waals surface area contributed by atoms with Gasteiger partial charge in [0.15, 0.2) is 0 Å². The topological polar surface area (TPSA) is 3.24 Å². The lowest BCUT2D eigenvalue weighted by atomic mass is 10.2. The van der Waals surface area contributed by atoms with Crippen LogP contribution in [0.5, 0.6) is 0 Å². The minimum Gasteiger partial charge on any atom is -0.343 e. The van der Waals surface area contributed by atoms with Crippen LogP contribution in [-0.2, 0) is 0 Å². The molecule has 0 atom stereocenters. The average molecular weight is 166 g/mol. The zero-order chi connectivity index (χ0) is 7.68. The maximum absolute atomic E-state index is 5.85. The molecule has 0 amide bonds. The first-order chi connectivity index (χ1) is 5.36. The lowest BCUT2D eigenvalue weighted by molar-refractivity contribution is 0.519. The van der Waals surface area contributed by atoms with Crippen LogP contribution < -0.4 is 0 Å². The molecule has 2 aliphatic heterocycles. The van der Waals surface area contributed by atoms with Gasteiger partial charge < -0.3 is 4.90 Å². The Morgan fingerprint density at radius 3 is 3.09 bits per heavy atom. The SMILES string of the molecule is ClC1=CC=C2C=CC=CN2C1. The zero-order valence-electron chi connectivity index (χ0n) is 6.00. The number of allylic oxidation sites excluding steroid dienone is 5. The number of hydrogen-bond acceptors (Lipinski definition) is 1. The molecule has 0 N–H and O–H groups in total. The highest BCUT2D eigenvalue weighted by Gasteiger charge is 2.10. The Balaban J connectivity index is 2.33. The van der Waals surface area contributed by atoms with Crippen LogP contribution in [0.15, 0.2) is 47.3 Å². The van der Waals surface area contributed by atoms with Crippen LogP contribution in [0.2, 0.25) is 0 Å². The smallest absolute Gasteiger partial charge is 0.0582 e. The molecule has 2 rings (SSSR count). The van der Waals surface area contributed by atoms with E-state index in [1.807, 2.05) is 30.5 Å². The summed E-state index contributed by atoms with van der Waals surface area (Å²) in [5.41, 5.74) is 1.21. The summed E-state index contributed by atoms with van der Waals surface area (Å²) in [6.45, 7) is 0.800. The van der Waals surface area contributed by atoms with Crippen LogP contribution in [0.4, 0.5) is 0 Å². The third-order valence-corrected chi connectivity index (χ3v) is 1.98. The van der Waals surface area contributed by atoms with Gasteiger partial charge in [-0.05, 0) is 24.3 Å². The highest BCUT2D eigenvalue weighted by atomic mass is 35.5. The molecule has 0 fully saturated rings. The van der Waals surface area contributed by atoms with Crippen LogP contribution >= 0.6 is 11.6 Å². The van der Waals surface area contributed by atoms with Crippen LogP contribution in [0.1, 0.15) is 0 Å². The van der Waals surface area contributed by atoms with Gasteiger partial charge in [0.05, 0.1) is 6.54 Å². The van der Waals surface area contributed by atoms with Crippen molar-refractivity contribution in [3.8, 4) is 0 Å². The molecule has 56 valence electrons. The van der Waals surface area contributed by atoms with Crippen molar-refractivity contribution in [2.75, 3.05) is 6.54 Å². The molecule has 11 heavy (non-hydrogen) atoms. The predicted octanol–water partition coefficient (Wildman–Crippen LogP) is 2.39. The molecule has 0 radical (unpaired) electrons. The highest BCUT2D eigenvalue weighted by molar-refractivity contribution is 6.30. The van der Waals surface area contributed by atoms with E-state index < -0.39 is 0 Å². The van der Waals surface area contributed by atoms with Crippen molar-refractivity contribution in [1.82, 2.24) is 4.90 Å². The van der Waals surface area contributed by atoms with E-state index in [-0.39, 0.29) is 0 Å². The van der Waals surface area contributed by atoms with Gasteiger partial charge in [-0.15, -0.1) is 0 Å². The second-order valence-electron chi connectivity index (χ2n) is 2.53. The second kappa shape index (κ2) is 2.59. The fourth-order valence-electron chi connectivity index (χ4n) is 1.18. The van der Waals surface area contributed by atoms with Gasteiger partial charge in [-0.2, -0.15) is 0 Å². The first-order valence-electron chi connectivity index (χ1n) is 3.54. The Hall–Kier alpha value is -0.950. The summed E-state index contributed by atoms with van der Waals surface area (Å²) in [6.07, 6.45) is 12.1. The summed E-state index contributed by atoms with van der Waals surface area (Å²) in [7, 11) is 0. The van der Waals surface area contributed by atoms with E-state index >= 15 is 0 Å². The standard InChI is InChI=1S/C9H8ClN/c10-8-4-5-9-3-1-2-6-11(9)7-8/h1-6H,7H2. The van der Waals surface area contributed by atoms with E-state index in [4.69, 9.17) is 11.6 Å². The van der Waals surface area contributed by atoms with Crippen molar-refractivity contribution >= 4 is 11.6 Å². The van der Waals surface area contributed by atoms with E-state index in [0.29, 0.717) is 0 Å². The average Bonchev–Trinajstić information content (AvgIpc) is 2.04. The van der Waals surface area contributed by atoms with Gasteiger partial charge in [-0.1, -0.05) is 17.7 Å². The van der Waals surface area contributed by atoms with Gasteiger partial charge in [-0.3, -0.25) is 0 Å². The first-order valence-corrected chi connectivity index (χ1v) is 3.92. The Labute approximate surface area is 71.0 Å². The van der Waals surface area contributed by atoms with Gasteiger partial charge >= 0.3 is 0 Å². The number of nitrogens with zero attached hydrogens (tertiary/aromatic N) is 1. The number of hydrogen-bond donors (Lipinski definition) is 0. The van der Waals surface area contributed by atoms with Crippen molar-refractivity contribution in [3.63, 3.8) is 0 Å². The molecule has 2 heteroatoms. The first kappa shape index (κ1) is 6.74. The lowest BCUT2D eigenvalue weighted by Crippen LogP contribution is -2.20. The van der Waals surface area contributed by atoms with E-state index in [2.05, 4.69) is 11.0 Å². The number of halogens is 1. The summed E-state index contributed by atoms with van der Waals surface area (Å²) in [5, 5.41) is 0.883. The van der Waals surface area contributed by atoms with Crippen LogP contribution in [0, 0.1) is 0 Å². The molecule has 1 nitrogen and oxygen atoms in total. The molecule has 0 aromatic carbocycles. The molecule has 0 aromatic rings. The molecular weight excluding hydrogens is 158 g/mol. The van der Waals surface area contributed by atoms with Crippen LogP contribution in [-0.4, -0.2) is 11.4 Å². The minimum atomic E-state index is 0.800. The molecule has 0 aromatic heterocycles. The predicted molar refractivity (Wildman–Crippen MR) is 47.0 cm³/mol. The highest BCUT2D eigenvalue weighted by Crippen LogP contribution is 2.20. The molecular formula is C9H8ClN. The largest absolute Gasteiger partial charge is 0.343 e. The fourth-order valence-corrected chi connectivity index (χ4v) is 1.37. The molecule has 0 saturated carbocycles. The van der Waals surface area contributed by atoms with Crippen LogP contribution in [0.25, 0.3) is 0 Å². The summed E-state index contributed by atoms with van der Waals surface area (Å²) in [4.78, 5) is 2.11. The molecule has 0 aliphatic carbocycles. The molecule has 2 heterocycles. The number of fused-ring (bicyclic) bond motifs is 1. The zero-order valence-corrected chi connectivity index (χ0v) is 6.75. The van der Waals surface area contributed by atoms with Gasteiger partial charge in [0, 0.05) is 16.9 Å². The molecule has 0 bridgehead atoms. The van der Waals surface area contributed by atoms with Gasteiger partial charge in [0.25, 0.3) is 0 Å². The molecule has 0 saturated heterocycles. The maximum atomic E-state index is 5.85. The van der Waals surface area contributed by atoms with Crippen LogP contribution in [0.3, 0.4) is 0 Å². The van der Waals surface area contributed by atoms with Crippen molar-refractivity contribution < 1.29 is 0 Å². The molecule has 2 aliphatic rings. The molecule has 0 unspecified atom stereocenters. The lowest BCUT2D eigenvalue weighted by Gasteiger charge is -2.25. The van der Waals surface area contributed by atoms with Crippen molar-refractivity contribution in [2.45, 2.75) is 0 Å². The summed E-state index contributed by atoms with van der Waals surface area (Å²) < 4.78 is 0. The van der Waals surface area contributed by atoms with E-state index in [1.165, 1.54) is 5.70 Å². The Kier molecular flexibility index (Phi) is 1.59. The van der Waals surface area contributed by atoms with Gasteiger partial charge in [-0.25, -0.2) is 0 Å². The van der Waals surface area contributed by atoms with Gasteiger partial charge in [0.1, 0.15) is 0 Å². The van der Waals surface area contributed by atoms with Crippen molar-refractivity contribution in [1.29, 1.82) is 0 Å². The Morgan fingerprint density at radius 2 is 2.18 bits per heavy atom. The summed E-state index contributed by atoms with van der Waals surface area (Å²) in [5.74, 6) is 0. The Bertz CT molecular complexity index is 284.